The van der Waals surface area contributed by atoms with Gasteiger partial charge in [-0.15, -0.1) is 0 Å². The number of rotatable bonds is 5. The fourth-order valence-electron chi connectivity index (χ4n) is 1.13. The van der Waals surface area contributed by atoms with E-state index < -0.39 is 11.9 Å². The van der Waals surface area contributed by atoms with Gasteiger partial charge in [0.2, 0.25) is 5.91 Å². The molecule has 1 heterocycles. The summed E-state index contributed by atoms with van der Waals surface area (Å²) in [6.07, 6.45) is 0.156. The largest absolute Gasteiger partial charge is 0.464 e. The molecule has 92 valence electrons. The van der Waals surface area contributed by atoms with Crippen LogP contribution in [0.25, 0.3) is 0 Å². The molecule has 0 radical (unpaired) electrons. The second-order valence-corrected chi connectivity index (χ2v) is 3.27. The molecule has 0 atom stereocenters. The number of pyridine rings is 1. The van der Waals surface area contributed by atoms with Crippen molar-refractivity contribution in [1.82, 2.24) is 4.98 Å². The Morgan fingerprint density at radius 1 is 1.47 bits per heavy atom. The van der Waals surface area contributed by atoms with E-state index in [0.29, 0.717) is 18.1 Å². The number of hydrogen-bond acceptors (Lipinski definition) is 6. The number of nitrogens with one attached hydrogen (secondary N) is 1. The lowest BCUT2D eigenvalue weighted by Gasteiger charge is -2.08. The maximum absolute atomic E-state index is 11.2. The number of amides is 1. The van der Waals surface area contributed by atoms with Crippen molar-refractivity contribution >= 4 is 23.4 Å². The molecule has 0 unspecified atom stereocenters. The molecule has 17 heavy (non-hydrogen) atoms. The van der Waals surface area contributed by atoms with E-state index in [0.717, 1.165) is 0 Å². The van der Waals surface area contributed by atoms with E-state index >= 15 is 0 Å². The van der Waals surface area contributed by atoms with Gasteiger partial charge in [0.1, 0.15) is 5.82 Å². The van der Waals surface area contributed by atoms with Crippen LogP contribution in [0.4, 0.5) is 11.5 Å². The van der Waals surface area contributed by atoms with E-state index in [1.165, 1.54) is 19.2 Å². The topological polar surface area (TPSA) is 120 Å². The molecule has 0 aliphatic rings. The Bertz CT molecular complexity index is 434. The van der Waals surface area contributed by atoms with Crippen molar-refractivity contribution < 1.29 is 14.3 Å². The van der Waals surface area contributed by atoms with Crippen molar-refractivity contribution in [3.05, 3.63) is 17.8 Å². The lowest BCUT2D eigenvalue weighted by atomic mass is 10.3. The number of primary amides is 1. The average molecular weight is 238 g/mol. The predicted molar refractivity (Wildman–Crippen MR) is 62.3 cm³/mol. The van der Waals surface area contributed by atoms with Gasteiger partial charge in [-0.05, 0) is 12.1 Å². The lowest BCUT2D eigenvalue weighted by molar-refractivity contribution is -0.117. The third kappa shape index (κ3) is 3.63. The van der Waals surface area contributed by atoms with Crippen molar-refractivity contribution in [3.8, 4) is 0 Å². The Balaban J connectivity index is 2.76. The molecule has 0 aliphatic carbocycles. The van der Waals surface area contributed by atoms with Gasteiger partial charge in [-0.3, -0.25) is 4.79 Å². The zero-order valence-corrected chi connectivity index (χ0v) is 9.40. The number of ether oxygens (including phenoxy) is 1. The fourth-order valence-corrected chi connectivity index (χ4v) is 1.13. The van der Waals surface area contributed by atoms with Crippen LogP contribution < -0.4 is 16.8 Å². The molecule has 0 bridgehead atoms. The molecule has 1 amide bonds. The highest BCUT2D eigenvalue weighted by atomic mass is 16.5. The van der Waals surface area contributed by atoms with Gasteiger partial charge < -0.3 is 21.5 Å². The number of nitrogens with two attached hydrogens (primary N) is 2. The van der Waals surface area contributed by atoms with Gasteiger partial charge in [0.25, 0.3) is 0 Å². The zero-order valence-electron chi connectivity index (χ0n) is 9.40. The van der Waals surface area contributed by atoms with Crippen molar-refractivity contribution in [2.45, 2.75) is 6.42 Å². The third-order valence-corrected chi connectivity index (χ3v) is 1.98. The van der Waals surface area contributed by atoms with Crippen LogP contribution in [0.5, 0.6) is 0 Å². The van der Waals surface area contributed by atoms with Crippen molar-refractivity contribution in [2.75, 3.05) is 24.7 Å². The molecule has 1 rings (SSSR count). The number of aromatic nitrogens is 1. The smallest absolute Gasteiger partial charge is 0.356 e. The first-order valence-electron chi connectivity index (χ1n) is 4.91. The van der Waals surface area contributed by atoms with Crippen LogP contribution in [0.15, 0.2) is 12.1 Å². The van der Waals surface area contributed by atoms with Gasteiger partial charge in [0.05, 0.1) is 12.8 Å². The number of anilines is 2. The first kappa shape index (κ1) is 12.8. The number of nitrogens with zero attached hydrogens (tertiary/aromatic N) is 1. The van der Waals surface area contributed by atoms with Gasteiger partial charge >= 0.3 is 5.97 Å². The monoisotopic (exact) mass is 238 g/mol. The summed E-state index contributed by atoms with van der Waals surface area (Å²) < 4.78 is 4.53. The summed E-state index contributed by atoms with van der Waals surface area (Å²) in [6, 6.07) is 2.99. The van der Waals surface area contributed by atoms with Gasteiger partial charge in [0.15, 0.2) is 5.69 Å². The lowest BCUT2D eigenvalue weighted by Crippen LogP contribution is -2.17. The molecule has 0 saturated carbocycles. The summed E-state index contributed by atoms with van der Waals surface area (Å²) in [6.45, 7) is 0.303. The van der Waals surface area contributed by atoms with Crippen molar-refractivity contribution in [3.63, 3.8) is 0 Å². The van der Waals surface area contributed by atoms with Gasteiger partial charge in [-0.1, -0.05) is 0 Å². The first-order valence-corrected chi connectivity index (χ1v) is 4.91. The summed E-state index contributed by atoms with van der Waals surface area (Å²) in [4.78, 5) is 25.8. The normalized spacial score (nSPS) is 9.71. The van der Waals surface area contributed by atoms with E-state index in [-0.39, 0.29) is 12.1 Å². The zero-order chi connectivity index (χ0) is 12.8. The predicted octanol–water partition coefficient (Wildman–Crippen LogP) is -0.262. The average Bonchev–Trinajstić information content (AvgIpc) is 2.30. The van der Waals surface area contributed by atoms with Gasteiger partial charge in [0, 0.05) is 13.0 Å². The second kappa shape index (κ2) is 5.69. The number of hydrogen-bond donors (Lipinski definition) is 3. The summed E-state index contributed by atoms with van der Waals surface area (Å²) in [5.74, 6) is -0.655. The molecule has 0 aliphatic heterocycles. The van der Waals surface area contributed by atoms with Crippen molar-refractivity contribution in [2.24, 2.45) is 5.73 Å². The Morgan fingerprint density at radius 2 is 2.18 bits per heavy atom. The molecule has 0 fully saturated rings. The molecular weight excluding hydrogens is 224 g/mol. The van der Waals surface area contributed by atoms with Crippen molar-refractivity contribution in [1.29, 1.82) is 0 Å². The van der Waals surface area contributed by atoms with Gasteiger partial charge in [-0.2, -0.15) is 0 Å². The highest BCUT2D eigenvalue weighted by Crippen LogP contribution is 2.15. The van der Waals surface area contributed by atoms with E-state index in [2.05, 4.69) is 15.0 Å². The van der Waals surface area contributed by atoms with Crippen LogP contribution in [0.2, 0.25) is 0 Å². The number of nitrogen functional groups attached to an aromatic ring is 1. The third-order valence-electron chi connectivity index (χ3n) is 1.98. The standard InChI is InChI=1S/C10H14N4O3/c1-17-10(16)7-3-2-6(11)9(14-7)13-5-4-8(12)15/h2-3H,4-5,11H2,1H3,(H2,12,15)(H,13,14). The van der Waals surface area contributed by atoms with Crippen LogP contribution in [0, 0.1) is 0 Å². The minimum Gasteiger partial charge on any atom is -0.464 e. The maximum Gasteiger partial charge on any atom is 0.356 e. The minimum atomic E-state index is -0.553. The molecule has 5 N–H and O–H groups in total. The molecule has 7 nitrogen and oxygen atoms in total. The molecule has 7 heteroatoms. The molecule has 0 spiro atoms. The molecule has 1 aromatic rings. The first-order chi connectivity index (χ1) is 8.04. The number of methoxy groups -OCH3 is 1. The van der Waals surface area contributed by atoms with E-state index in [1.807, 2.05) is 0 Å². The quantitative estimate of drug-likeness (QED) is 0.608. The maximum atomic E-state index is 11.2. The molecule has 0 saturated heterocycles. The Labute approximate surface area is 98.1 Å². The van der Waals surface area contributed by atoms with Crippen LogP contribution in [0.1, 0.15) is 16.9 Å². The van der Waals surface area contributed by atoms with E-state index in [1.54, 1.807) is 0 Å². The summed E-state index contributed by atoms with van der Waals surface area (Å²) >= 11 is 0. The Hall–Kier alpha value is -2.31. The van der Waals surface area contributed by atoms with Crippen LogP contribution in [0.3, 0.4) is 0 Å². The van der Waals surface area contributed by atoms with Crippen LogP contribution in [-0.2, 0) is 9.53 Å². The van der Waals surface area contributed by atoms with Gasteiger partial charge in [-0.25, -0.2) is 9.78 Å². The number of esters is 1. The fraction of sp³-hybridized carbons (Fsp3) is 0.300. The highest BCUT2D eigenvalue weighted by Gasteiger charge is 2.10. The SMILES string of the molecule is COC(=O)c1ccc(N)c(NCCC(N)=O)n1. The summed E-state index contributed by atoms with van der Waals surface area (Å²) in [5, 5.41) is 2.82. The summed E-state index contributed by atoms with van der Waals surface area (Å²) in [5.41, 5.74) is 11.2. The van der Waals surface area contributed by atoms with E-state index in [9.17, 15) is 9.59 Å². The minimum absolute atomic E-state index is 0.142. The van der Waals surface area contributed by atoms with E-state index in [4.69, 9.17) is 11.5 Å². The number of carbonyl (C=O) groups is 2. The summed E-state index contributed by atoms with van der Waals surface area (Å²) in [7, 11) is 1.26. The molecule has 0 aromatic carbocycles. The highest BCUT2D eigenvalue weighted by molar-refractivity contribution is 5.88. The van der Waals surface area contributed by atoms with Crippen LogP contribution >= 0.6 is 0 Å². The number of carbonyl (C=O) groups excluding carboxylic acids is 2. The Kier molecular flexibility index (Phi) is 4.27. The molecular formula is C10H14N4O3. The molecule has 1 aromatic heterocycles. The van der Waals surface area contributed by atoms with Crippen LogP contribution in [-0.4, -0.2) is 30.5 Å². The second-order valence-electron chi connectivity index (χ2n) is 3.27. The Morgan fingerprint density at radius 3 is 2.76 bits per heavy atom.